The average molecular weight is 605 g/mol. The number of aliphatic hydroxyl groups excluding tert-OH is 1. The minimum absolute atomic E-state index is 0.0160. The summed E-state index contributed by atoms with van der Waals surface area (Å²) in [6.45, 7) is 9.47. The third-order valence-electron chi connectivity index (χ3n) is 7.22. The van der Waals surface area contributed by atoms with Gasteiger partial charge in [-0.05, 0) is 50.8 Å². The summed E-state index contributed by atoms with van der Waals surface area (Å²) in [5.41, 5.74) is 10.2. The first-order valence-electron chi connectivity index (χ1n) is 14.7. The van der Waals surface area contributed by atoms with E-state index in [1.165, 1.54) is 11.0 Å². The van der Waals surface area contributed by atoms with Crippen LogP contribution in [-0.4, -0.2) is 69.0 Å². The maximum Gasteiger partial charge on any atom is 0.317 e. The van der Waals surface area contributed by atoms with Crippen LogP contribution < -0.4 is 22.1 Å². The van der Waals surface area contributed by atoms with E-state index in [0.717, 1.165) is 5.39 Å². The number of urea groups is 1. The second-order valence-corrected chi connectivity index (χ2v) is 12.7. The Morgan fingerprint density at radius 2 is 1.52 bits per heavy atom. The zero-order valence-electron chi connectivity index (χ0n) is 26.0. The van der Waals surface area contributed by atoms with E-state index >= 15 is 0 Å². The van der Waals surface area contributed by atoms with Crippen LogP contribution in [0.5, 0.6) is 0 Å². The first kappa shape index (κ1) is 34.0. The number of nitrogens with two attached hydrogens (primary N) is 2. The number of rotatable bonds is 13. The molecule has 3 unspecified atom stereocenters. The standard InChI is InChI=1S/C33H44N6O5/c1-21(2)19-39(31(44)38-32(3,4)5)20-27(40)24(17-22-11-7-6-8-12-22)33(30(35)43,18-28(34)41)37-29(42)26-16-15-23-13-9-10-14-25(23)36-26/h6-16,21,24,27,40H,17-20H2,1-5H3,(H2,34,41)(H2,35,43)(H,37,42)(H,38,44). The van der Waals surface area contributed by atoms with Crippen molar-refractivity contribution >= 4 is 34.7 Å². The van der Waals surface area contributed by atoms with Gasteiger partial charge in [0, 0.05) is 29.9 Å². The number of benzene rings is 2. The fraction of sp³-hybridized carbons (Fsp3) is 0.424. The number of amides is 5. The third kappa shape index (κ3) is 9.00. The van der Waals surface area contributed by atoms with Gasteiger partial charge in [0.1, 0.15) is 11.2 Å². The lowest BCUT2D eigenvalue weighted by Gasteiger charge is -2.42. The van der Waals surface area contributed by atoms with Crippen LogP contribution >= 0.6 is 0 Å². The lowest BCUT2D eigenvalue weighted by Crippen LogP contribution is -2.67. The predicted molar refractivity (Wildman–Crippen MR) is 169 cm³/mol. The molecule has 0 aliphatic heterocycles. The molecule has 3 rings (SSSR count). The summed E-state index contributed by atoms with van der Waals surface area (Å²) in [4.78, 5) is 58.8. The lowest BCUT2D eigenvalue weighted by atomic mass is 9.73. The first-order valence-corrected chi connectivity index (χ1v) is 14.7. The molecule has 3 aromatic rings. The van der Waals surface area contributed by atoms with Crippen molar-refractivity contribution in [1.29, 1.82) is 0 Å². The quantitative estimate of drug-likeness (QED) is 0.200. The van der Waals surface area contributed by atoms with E-state index < -0.39 is 53.3 Å². The molecule has 11 heteroatoms. The highest BCUT2D eigenvalue weighted by Gasteiger charge is 2.50. The van der Waals surface area contributed by atoms with Gasteiger partial charge in [-0.2, -0.15) is 0 Å². The van der Waals surface area contributed by atoms with E-state index in [1.54, 1.807) is 42.5 Å². The molecule has 2 aromatic carbocycles. The Kier molecular flexibility index (Phi) is 11.1. The third-order valence-corrected chi connectivity index (χ3v) is 7.22. The molecule has 44 heavy (non-hydrogen) atoms. The normalized spacial score (nSPS) is 14.3. The highest BCUT2D eigenvalue weighted by molar-refractivity contribution is 6.01. The second-order valence-electron chi connectivity index (χ2n) is 12.7. The number of nitrogens with one attached hydrogen (secondary N) is 2. The highest BCUT2D eigenvalue weighted by atomic mass is 16.3. The maximum atomic E-state index is 13.7. The van der Waals surface area contributed by atoms with Crippen molar-refractivity contribution in [1.82, 2.24) is 20.5 Å². The lowest BCUT2D eigenvalue weighted by molar-refractivity contribution is -0.134. The molecule has 0 aliphatic carbocycles. The molecular weight excluding hydrogens is 560 g/mol. The maximum absolute atomic E-state index is 13.7. The van der Waals surface area contributed by atoms with Crippen molar-refractivity contribution in [3.05, 3.63) is 78.0 Å². The number of hydrogen-bond acceptors (Lipinski definition) is 6. The molecule has 1 aromatic heterocycles. The van der Waals surface area contributed by atoms with Crippen molar-refractivity contribution < 1.29 is 24.3 Å². The summed E-state index contributed by atoms with van der Waals surface area (Å²) in [6, 6.07) is 19.0. The van der Waals surface area contributed by atoms with Crippen molar-refractivity contribution in [2.45, 2.75) is 64.6 Å². The van der Waals surface area contributed by atoms with E-state index in [1.807, 2.05) is 52.8 Å². The Morgan fingerprint density at radius 3 is 2.11 bits per heavy atom. The number of aromatic nitrogens is 1. The molecule has 7 N–H and O–H groups in total. The van der Waals surface area contributed by atoms with Gasteiger partial charge in [0.15, 0.2) is 0 Å². The molecule has 0 spiro atoms. The second kappa shape index (κ2) is 14.3. The first-order chi connectivity index (χ1) is 20.6. The summed E-state index contributed by atoms with van der Waals surface area (Å²) in [5, 5.41) is 18.3. The van der Waals surface area contributed by atoms with Gasteiger partial charge in [-0.15, -0.1) is 0 Å². The van der Waals surface area contributed by atoms with Crippen LogP contribution in [0, 0.1) is 11.8 Å². The van der Waals surface area contributed by atoms with Gasteiger partial charge in [0.25, 0.3) is 5.91 Å². The number of hydrogen-bond donors (Lipinski definition) is 5. The van der Waals surface area contributed by atoms with Crippen molar-refractivity contribution in [3.8, 4) is 0 Å². The number of fused-ring (bicyclic) bond motifs is 1. The molecule has 0 fully saturated rings. The number of aliphatic hydroxyl groups is 1. The van der Waals surface area contributed by atoms with Crippen molar-refractivity contribution in [2.24, 2.45) is 23.3 Å². The van der Waals surface area contributed by atoms with Gasteiger partial charge in [-0.3, -0.25) is 14.4 Å². The fourth-order valence-corrected chi connectivity index (χ4v) is 5.27. The van der Waals surface area contributed by atoms with E-state index in [0.29, 0.717) is 17.6 Å². The van der Waals surface area contributed by atoms with Crippen molar-refractivity contribution in [3.63, 3.8) is 0 Å². The average Bonchev–Trinajstić information content (AvgIpc) is 2.93. The number of carbonyl (C=O) groups excluding carboxylic acids is 4. The number of carbonyl (C=O) groups is 4. The van der Waals surface area contributed by atoms with Crippen LogP contribution in [0.2, 0.25) is 0 Å². The van der Waals surface area contributed by atoms with Crippen LogP contribution in [-0.2, 0) is 16.0 Å². The van der Waals surface area contributed by atoms with Gasteiger partial charge < -0.3 is 32.1 Å². The number of pyridine rings is 1. The Hall–Kier alpha value is -4.51. The Labute approximate surface area is 258 Å². The molecule has 11 nitrogen and oxygen atoms in total. The monoisotopic (exact) mass is 604 g/mol. The molecule has 0 bridgehead atoms. The Balaban J connectivity index is 2.10. The fourth-order valence-electron chi connectivity index (χ4n) is 5.27. The van der Waals surface area contributed by atoms with Crippen molar-refractivity contribution in [2.75, 3.05) is 13.1 Å². The molecule has 1 heterocycles. The molecule has 0 saturated heterocycles. The van der Waals surface area contributed by atoms with Crippen LogP contribution in [0.25, 0.3) is 10.9 Å². The number of nitrogens with zero attached hydrogens (tertiary/aromatic N) is 2. The zero-order chi connectivity index (χ0) is 32.7. The van der Waals surface area contributed by atoms with E-state index in [-0.39, 0.29) is 24.6 Å². The highest BCUT2D eigenvalue weighted by Crippen LogP contribution is 2.30. The van der Waals surface area contributed by atoms with Crippen LogP contribution in [0.15, 0.2) is 66.7 Å². The Morgan fingerprint density at radius 1 is 0.886 bits per heavy atom. The summed E-state index contributed by atoms with van der Waals surface area (Å²) < 4.78 is 0. The van der Waals surface area contributed by atoms with Crippen LogP contribution in [0.4, 0.5) is 4.79 Å². The summed E-state index contributed by atoms with van der Waals surface area (Å²) in [5.74, 6) is -3.86. The molecule has 0 radical (unpaired) electrons. The van der Waals surface area contributed by atoms with Crippen LogP contribution in [0.3, 0.4) is 0 Å². The van der Waals surface area contributed by atoms with Crippen LogP contribution in [0.1, 0.15) is 57.1 Å². The smallest absolute Gasteiger partial charge is 0.317 e. The topological polar surface area (TPSA) is 181 Å². The SMILES string of the molecule is CC(C)CN(CC(O)C(Cc1ccccc1)C(CC(N)=O)(NC(=O)c1ccc2ccccc2n1)C(N)=O)C(=O)NC(C)(C)C. The minimum atomic E-state index is -2.13. The van der Waals surface area contributed by atoms with E-state index in [4.69, 9.17) is 11.5 Å². The molecule has 236 valence electrons. The molecule has 5 amide bonds. The van der Waals surface area contributed by atoms with E-state index in [2.05, 4.69) is 15.6 Å². The van der Waals surface area contributed by atoms with Gasteiger partial charge in [-0.25, -0.2) is 9.78 Å². The number of para-hydroxylation sites is 1. The van der Waals surface area contributed by atoms with Gasteiger partial charge >= 0.3 is 6.03 Å². The predicted octanol–water partition coefficient (Wildman–Crippen LogP) is 2.75. The molecule has 0 saturated carbocycles. The molecule has 0 aliphatic rings. The number of primary amides is 2. The minimum Gasteiger partial charge on any atom is -0.391 e. The largest absolute Gasteiger partial charge is 0.391 e. The van der Waals surface area contributed by atoms with E-state index in [9.17, 15) is 24.3 Å². The Bertz CT molecular complexity index is 1470. The summed E-state index contributed by atoms with van der Waals surface area (Å²) in [7, 11) is 0. The summed E-state index contributed by atoms with van der Waals surface area (Å²) in [6.07, 6.45) is -2.08. The van der Waals surface area contributed by atoms with Gasteiger partial charge in [0.2, 0.25) is 11.8 Å². The molecular formula is C33H44N6O5. The zero-order valence-corrected chi connectivity index (χ0v) is 26.0. The van der Waals surface area contributed by atoms with Gasteiger partial charge in [0.05, 0.1) is 18.0 Å². The van der Waals surface area contributed by atoms with Gasteiger partial charge in [-0.1, -0.05) is 68.4 Å². The summed E-state index contributed by atoms with van der Waals surface area (Å²) >= 11 is 0. The molecule has 3 atom stereocenters.